The maximum absolute atomic E-state index is 4.05. The van der Waals surface area contributed by atoms with Gasteiger partial charge in [0.15, 0.2) is 0 Å². The van der Waals surface area contributed by atoms with Gasteiger partial charge in [-0.05, 0) is 49.2 Å². The molecule has 0 radical (unpaired) electrons. The zero-order valence-corrected chi connectivity index (χ0v) is 11.6. The van der Waals surface area contributed by atoms with E-state index < -0.39 is 0 Å². The standard InChI is InChI=1S/C17H19N3/c1-13(14-6-9-18-10-7-14)19-11-8-15-12-20-17-5-3-2-4-16(15)17/h2-7,9-10,12-13,19-20H,8,11H2,1H3/t13-/m1/s1. The van der Waals surface area contributed by atoms with Crippen molar-refractivity contribution in [1.82, 2.24) is 15.3 Å². The van der Waals surface area contributed by atoms with E-state index >= 15 is 0 Å². The van der Waals surface area contributed by atoms with Gasteiger partial charge >= 0.3 is 0 Å². The molecule has 20 heavy (non-hydrogen) atoms. The first-order chi connectivity index (χ1) is 9.84. The Bertz CT molecular complexity index is 673. The van der Waals surface area contributed by atoms with Gasteiger partial charge in [-0.1, -0.05) is 18.2 Å². The van der Waals surface area contributed by atoms with Crippen LogP contribution in [0.4, 0.5) is 0 Å². The maximum atomic E-state index is 4.05. The molecular formula is C17H19N3. The Kier molecular flexibility index (Phi) is 3.79. The molecule has 3 nitrogen and oxygen atoms in total. The summed E-state index contributed by atoms with van der Waals surface area (Å²) in [5, 5.41) is 4.89. The van der Waals surface area contributed by atoms with Crippen molar-refractivity contribution in [3.05, 3.63) is 66.1 Å². The monoisotopic (exact) mass is 265 g/mol. The first-order valence-corrected chi connectivity index (χ1v) is 7.03. The van der Waals surface area contributed by atoms with E-state index in [9.17, 15) is 0 Å². The highest BCUT2D eigenvalue weighted by Crippen LogP contribution is 2.18. The molecule has 1 atom stereocenters. The number of nitrogens with one attached hydrogen (secondary N) is 2. The first kappa shape index (κ1) is 12.9. The highest BCUT2D eigenvalue weighted by Gasteiger charge is 2.06. The van der Waals surface area contributed by atoms with Crippen molar-refractivity contribution in [3.8, 4) is 0 Å². The second-order valence-corrected chi connectivity index (χ2v) is 5.07. The van der Waals surface area contributed by atoms with Crippen LogP contribution in [0.25, 0.3) is 10.9 Å². The fraction of sp³-hybridized carbons (Fsp3) is 0.235. The zero-order chi connectivity index (χ0) is 13.8. The second kappa shape index (κ2) is 5.88. The predicted molar refractivity (Wildman–Crippen MR) is 82.7 cm³/mol. The summed E-state index contributed by atoms with van der Waals surface area (Å²) in [5.41, 5.74) is 3.86. The van der Waals surface area contributed by atoms with Crippen molar-refractivity contribution in [2.75, 3.05) is 6.54 Å². The Hall–Kier alpha value is -2.13. The van der Waals surface area contributed by atoms with Gasteiger partial charge < -0.3 is 10.3 Å². The number of aromatic nitrogens is 2. The average molecular weight is 265 g/mol. The molecule has 0 spiro atoms. The van der Waals surface area contributed by atoms with Gasteiger partial charge in [-0.25, -0.2) is 0 Å². The van der Waals surface area contributed by atoms with E-state index in [4.69, 9.17) is 0 Å². The lowest BCUT2D eigenvalue weighted by Crippen LogP contribution is -2.21. The van der Waals surface area contributed by atoms with E-state index in [-0.39, 0.29) is 0 Å². The van der Waals surface area contributed by atoms with Crippen LogP contribution in [0, 0.1) is 0 Å². The van der Waals surface area contributed by atoms with E-state index in [2.05, 4.69) is 64.8 Å². The van der Waals surface area contributed by atoms with Gasteiger partial charge in [-0.15, -0.1) is 0 Å². The van der Waals surface area contributed by atoms with Crippen molar-refractivity contribution < 1.29 is 0 Å². The molecule has 1 aromatic carbocycles. The molecule has 0 amide bonds. The van der Waals surface area contributed by atoms with Crippen LogP contribution in [0.3, 0.4) is 0 Å². The van der Waals surface area contributed by atoms with Gasteiger partial charge in [0.1, 0.15) is 0 Å². The third-order valence-corrected chi connectivity index (χ3v) is 3.73. The van der Waals surface area contributed by atoms with Crippen molar-refractivity contribution >= 4 is 10.9 Å². The summed E-state index contributed by atoms with van der Waals surface area (Å²) in [6, 6.07) is 12.9. The molecular weight excluding hydrogens is 246 g/mol. The highest BCUT2D eigenvalue weighted by atomic mass is 14.9. The second-order valence-electron chi connectivity index (χ2n) is 5.07. The molecule has 102 valence electrons. The fourth-order valence-electron chi connectivity index (χ4n) is 2.53. The predicted octanol–water partition coefficient (Wildman–Crippen LogP) is 3.46. The summed E-state index contributed by atoms with van der Waals surface area (Å²) >= 11 is 0. The van der Waals surface area contributed by atoms with E-state index in [1.54, 1.807) is 0 Å². The van der Waals surface area contributed by atoms with Gasteiger partial charge in [0.25, 0.3) is 0 Å². The largest absolute Gasteiger partial charge is 0.361 e. The number of hydrogen-bond donors (Lipinski definition) is 2. The highest BCUT2D eigenvalue weighted by molar-refractivity contribution is 5.83. The van der Waals surface area contributed by atoms with E-state index in [1.165, 1.54) is 22.0 Å². The number of rotatable bonds is 5. The van der Waals surface area contributed by atoms with Crippen LogP contribution in [0.2, 0.25) is 0 Å². The van der Waals surface area contributed by atoms with E-state index in [0.717, 1.165) is 13.0 Å². The minimum Gasteiger partial charge on any atom is -0.361 e. The molecule has 0 fully saturated rings. The number of hydrogen-bond acceptors (Lipinski definition) is 2. The summed E-state index contributed by atoms with van der Waals surface area (Å²) in [5.74, 6) is 0. The first-order valence-electron chi connectivity index (χ1n) is 7.03. The lowest BCUT2D eigenvalue weighted by Gasteiger charge is -2.13. The zero-order valence-electron chi connectivity index (χ0n) is 11.6. The summed E-state index contributed by atoms with van der Waals surface area (Å²) < 4.78 is 0. The average Bonchev–Trinajstić information content (AvgIpc) is 2.92. The van der Waals surface area contributed by atoms with Crippen LogP contribution in [0.15, 0.2) is 55.0 Å². The quantitative estimate of drug-likeness (QED) is 0.741. The lowest BCUT2D eigenvalue weighted by atomic mass is 10.1. The van der Waals surface area contributed by atoms with Crippen LogP contribution < -0.4 is 5.32 Å². The maximum Gasteiger partial charge on any atom is 0.0456 e. The Morgan fingerprint density at radius 3 is 2.80 bits per heavy atom. The Balaban J connectivity index is 1.60. The summed E-state index contributed by atoms with van der Waals surface area (Å²) in [6.07, 6.45) is 6.82. The normalized spacial score (nSPS) is 12.7. The molecule has 0 bridgehead atoms. The number of H-pyrrole nitrogens is 1. The number of pyridine rings is 1. The Morgan fingerprint density at radius 2 is 1.95 bits per heavy atom. The topological polar surface area (TPSA) is 40.7 Å². The molecule has 3 aromatic rings. The molecule has 0 unspecified atom stereocenters. The van der Waals surface area contributed by atoms with Gasteiger partial charge in [-0.2, -0.15) is 0 Å². The molecule has 3 rings (SSSR count). The molecule has 2 heterocycles. The van der Waals surface area contributed by atoms with Crippen LogP contribution in [0.1, 0.15) is 24.1 Å². The molecule has 0 saturated carbocycles. The third-order valence-electron chi connectivity index (χ3n) is 3.73. The van der Waals surface area contributed by atoms with Crippen molar-refractivity contribution in [3.63, 3.8) is 0 Å². The number of benzene rings is 1. The van der Waals surface area contributed by atoms with Crippen LogP contribution in [0.5, 0.6) is 0 Å². The van der Waals surface area contributed by atoms with Crippen molar-refractivity contribution in [2.24, 2.45) is 0 Å². The molecule has 2 N–H and O–H groups in total. The minimum absolute atomic E-state index is 0.350. The molecule has 3 heteroatoms. The van der Waals surface area contributed by atoms with Gasteiger partial charge in [0.05, 0.1) is 0 Å². The fourth-order valence-corrected chi connectivity index (χ4v) is 2.53. The van der Waals surface area contributed by atoms with Crippen molar-refractivity contribution in [2.45, 2.75) is 19.4 Å². The van der Waals surface area contributed by atoms with E-state index in [1.807, 2.05) is 12.4 Å². The van der Waals surface area contributed by atoms with Gasteiger partial charge in [-0.3, -0.25) is 4.98 Å². The Morgan fingerprint density at radius 1 is 1.15 bits per heavy atom. The lowest BCUT2D eigenvalue weighted by molar-refractivity contribution is 0.577. The van der Waals surface area contributed by atoms with Gasteiger partial charge in [0.2, 0.25) is 0 Å². The molecule has 0 aliphatic heterocycles. The molecule has 2 aromatic heterocycles. The minimum atomic E-state index is 0.350. The molecule has 0 aliphatic rings. The summed E-state index contributed by atoms with van der Waals surface area (Å²) in [4.78, 5) is 7.37. The number of para-hydroxylation sites is 1. The SMILES string of the molecule is C[C@@H](NCCc1c[nH]c2ccccc12)c1ccncc1. The number of aromatic amines is 1. The third kappa shape index (κ3) is 2.73. The van der Waals surface area contributed by atoms with Crippen LogP contribution in [-0.4, -0.2) is 16.5 Å². The van der Waals surface area contributed by atoms with Crippen LogP contribution in [-0.2, 0) is 6.42 Å². The van der Waals surface area contributed by atoms with E-state index in [0.29, 0.717) is 6.04 Å². The molecule has 0 saturated heterocycles. The summed E-state index contributed by atoms with van der Waals surface area (Å²) in [6.45, 7) is 3.15. The van der Waals surface area contributed by atoms with Crippen molar-refractivity contribution in [1.29, 1.82) is 0 Å². The number of fused-ring (bicyclic) bond motifs is 1. The summed E-state index contributed by atoms with van der Waals surface area (Å²) in [7, 11) is 0. The smallest absolute Gasteiger partial charge is 0.0456 e. The Labute approximate surface area is 119 Å². The van der Waals surface area contributed by atoms with Gasteiger partial charge in [0, 0.05) is 35.5 Å². The number of nitrogens with zero attached hydrogens (tertiary/aromatic N) is 1. The molecule has 0 aliphatic carbocycles. The van der Waals surface area contributed by atoms with Crippen LogP contribution >= 0.6 is 0 Å².